The van der Waals surface area contributed by atoms with E-state index in [9.17, 15) is 91.7 Å². The fourth-order valence-electron chi connectivity index (χ4n) is 10.2. The molecular formula is C59H100N20O19. The maximum atomic E-state index is 13.8. The number of rotatable bonds is 42. The van der Waals surface area contributed by atoms with Gasteiger partial charge in [-0.15, -0.1) is 0 Å². The first kappa shape index (κ1) is 84.3. The smallest absolute Gasteiger partial charge is 0.326 e. The number of nitrogens with zero attached hydrogens (tertiary/aromatic N) is 3. The fourth-order valence-corrected chi connectivity index (χ4v) is 10.2. The maximum absolute atomic E-state index is 13.8. The molecule has 39 heteroatoms. The highest BCUT2D eigenvalue weighted by atomic mass is 16.4. The molecule has 550 valence electrons. The third-order valence-electron chi connectivity index (χ3n) is 15.9. The number of carboxylic acids is 1. The van der Waals surface area contributed by atoms with Gasteiger partial charge in [0.15, 0.2) is 5.96 Å². The summed E-state index contributed by atoms with van der Waals surface area (Å²) in [5.74, 6) is -16.8. The van der Waals surface area contributed by atoms with Crippen LogP contribution in [0.1, 0.15) is 126 Å². The van der Waals surface area contributed by atoms with Crippen molar-refractivity contribution in [3.05, 3.63) is 0 Å². The zero-order valence-electron chi connectivity index (χ0n) is 56.6. The Morgan fingerprint density at radius 2 is 0.959 bits per heavy atom. The molecule has 98 heavy (non-hydrogen) atoms. The molecule has 0 aromatic carbocycles. The molecule has 12 atom stereocenters. The summed E-state index contributed by atoms with van der Waals surface area (Å²) in [6, 6.07) is -13.3. The first-order valence-corrected chi connectivity index (χ1v) is 32.3. The number of guanidine groups is 1. The Balaban J connectivity index is 2.11. The maximum Gasteiger partial charge on any atom is 0.326 e. The van der Waals surface area contributed by atoms with Crippen molar-refractivity contribution in [3.8, 4) is 0 Å². The zero-order valence-corrected chi connectivity index (χ0v) is 56.6. The first-order valence-electron chi connectivity index (χ1n) is 32.3. The topological polar surface area (TPSA) is 624 Å². The number of nitrogens with one attached hydrogen (secondary N) is 12. The molecule has 2 rings (SSSR count). The molecule has 2 aliphatic rings. The quantitative estimate of drug-likeness (QED) is 0.0153. The Labute approximate surface area is 566 Å². The largest absolute Gasteiger partial charge is 0.480 e. The molecule has 0 bridgehead atoms. The SMILES string of the molecule is CCC(C)C(NC(=O)CNC(=O)C(CCC(N)=O)NC(=O)C1CCCN1C(=O)CNC(=O)C1CCCN1C(=O)C(NC(=O)CN)C(C)O)C(=O)NC(C)C(=O)NCC(=O)NC(CCC(N)=O)C(=O)NC(CCCN=C(N)N)C(=O)NCC(=O)NC(C(=O)NC(C(=O)O)C(C)C)C(C)C. The van der Waals surface area contributed by atoms with E-state index in [4.69, 9.17) is 28.7 Å². The van der Waals surface area contributed by atoms with Gasteiger partial charge in [0.2, 0.25) is 94.5 Å². The monoisotopic (exact) mass is 1390 g/mol. The Bertz CT molecular complexity index is 2910. The van der Waals surface area contributed by atoms with Crippen LogP contribution in [0.4, 0.5) is 0 Å². The van der Waals surface area contributed by atoms with E-state index in [0.29, 0.717) is 19.3 Å². The van der Waals surface area contributed by atoms with Crippen molar-refractivity contribution in [2.24, 2.45) is 51.4 Å². The average Bonchev–Trinajstić information content (AvgIpc) is 1.73. The predicted octanol–water partition coefficient (Wildman–Crippen LogP) is -9.30. The predicted molar refractivity (Wildman–Crippen MR) is 347 cm³/mol. The summed E-state index contributed by atoms with van der Waals surface area (Å²) in [7, 11) is 0. The minimum Gasteiger partial charge on any atom is -0.480 e. The number of aliphatic hydroxyl groups is 1. The van der Waals surface area contributed by atoms with Gasteiger partial charge in [-0.2, -0.15) is 0 Å². The van der Waals surface area contributed by atoms with Gasteiger partial charge < -0.3 is 112 Å². The van der Waals surface area contributed by atoms with E-state index >= 15 is 0 Å². The van der Waals surface area contributed by atoms with Crippen molar-refractivity contribution < 1.29 is 91.7 Å². The van der Waals surface area contributed by atoms with Crippen LogP contribution < -0.4 is 92.5 Å². The number of primary amides is 2. The Hall–Kier alpha value is -9.82. The van der Waals surface area contributed by atoms with E-state index in [-0.39, 0.29) is 57.7 Å². The number of aliphatic hydroxyl groups excluding tert-OH is 1. The van der Waals surface area contributed by atoms with Crippen molar-refractivity contribution in [2.45, 2.75) is 193 Å². The van der Waals surface area contributed by atoms with E-state index in [1.807, 2.05) is 0 Å². The fraction of sp³-hybridized carbons (Fsp3) is 0.695. The van der Waals surface area contributed by atoms with Gasteiger partial charge in [0.1, 0.15) is 60.4 Å². The van der Waals surface area contributed by atoms with Crippen molar-refractivity contribution in [1.82, 2.24) is 73.6 Å². The van der Waals surface area contributed by atoms with Crippen LogP contribution in [0.5, 0.6) is 0 Å². The molecule has 0 aromatic rings. The minimum atomic E-state index is -1.57. The van der Waals surface area contributed by atoms with E-state index in [1.165, 1.54) is 23.6 Å². The molecule has 0 saturated carbocycles. The van der Waals surface area contributed by atoms with Crippen LogP contribution in [0.3, 0.4) is 0 Å². The summed E-state index contributed by atoms with van der Waals surface area (Å²) in [6.45, 7) is 8.97. The number of aliphatic imine (C=N–C) groups is 1. The minimum absolute atomic E-state index is 0.0170. The lowest BCUT2D eigenvalue weighted by molar-refractivity contribution is -0.144. The van der Waals surface area contributed by atoms with Crippen molar-refractivity contribution in [3.63, 3.8) is 0 Å². The van der Waals surface area contributed by atoms with Crippen LogP contribution in [-0.4, -0.2) is 245 Å². The number of carbonyl (C=O) groups excluding carboxylic acids is 16. The van der Waals surface area contributed by atoms with Crippen molar-refractivity contribution in [2.75, 3.05) is 52.4 Å². The second kappa shape index (κ2) is 42.0. The van der Waals surface area contributed by atoms with Crippen molar-refractivity contribution in [1.29, 1.82) is 0 Å². The second-order valence-electron chi connectivity index (χ2n) is 24.5. The van der Waals surface area contributed by atoms with Crippen molar-refractivity contribution >= 4 is 106 Å². The number of hydrogen-bond acceptors (Lipinski definition) is 20. The molecule has 16 amide bonds. The van der Waals surface area contributed by atoms with Crippen LogP contribution in [0.2, 0.25) is 0 Å². The van der Waals surface area contributed by atoms with Gasteiger partial charge in [-0.25, -0.2) is 4.79 Å². The third-order valence-corrected chi connectivity index (χ3v) is 15.9. The van der Waals surface area contributed by atoms with Gasteiger partial charge in [0.25, 0.3) is 0 Å². The number of nitrogens with two attached hydrogens (primary N) is 5. The number of likely N-dealkylation sites (tertiary alicyclic amines) is 2. The molecular weight excluding hydrogens is 1290 g/mol. The number of aliphatic carboxylic acids is 1. The van der Waals surface area contributed by atoms with Crippen LogP contribution in [-0.2, 0) is 81.5 Å². The second-order valence-corrected chi connectivity index (χ2v) is 24.5. The number of carbonyl (C=O) groups is 17. The molecule has 0 radical (unpaired) electrons. The number of carboxylic acid groups (broad SMARTS) is 1. The van der Waals surface area contributed by atoms with Crippen LogP contribution in [0, 0.1) is 17.8 Å². The lowest BCUT2D eigenvalue weighted by Crippen LogP contribution is -2.58. The highest BCUT2D eigenvalue weighted by Gasteiger charge is 2.41. The van der Waals surface area contributed by atoms with E-state index in [1.54, 1.807) is 41.5 Å². The first-order chi connectivity index (χ1) is 45.9. The molecule has 24 N–H and O–H groups in total. The molecule has 2 fully saturated rings. The Kier molecular flexibility index (Phi) is 36.1. The Morgan fingerprint density at radius 1 is 0.490 bits per heavy atom. The van der Waals surface area contributed by atoms with E-state index in [0.717, 1.165) is 0 Å². The summed E-state index contributed by atoms with van der Waals surface area (Å²) in [6.07, 6.45) is -1.65. The van der Waals surface area contributed by atoms with Gasteiger partial charge in [-0.3, -0.25) is 81.7 Å². The molecule has 0 aliphatic carbocycles. The Morgan fingerprint density at radius 3 is 1.45 bits per heavy atom. The normalized spacial score (nSPS) is 17.2. The molecule has 2 aliphatic heterocycles. The third kappa shape index (κ3) is 28.9. The average molecular weight is 1390 g/mol. The van der Waals surface area contributed by atoms with Gasteiger partial charge >= 0.3 is 5.97 Å². The van der Waals surface area contributed by atoms with E-state index < -0.39 is 237 Å². The van der Waals surface area contributed by atoms with Crippen LogP contribution >= 0.6 is 0 Å². The molecule has 39 nitrogen and oxygen atoms in total. The highest BCUT2D eigenvalue weighted by Crippen LogP contribution is 2.21. The molecule has 2 heterocycles. The van der Waals surface area contributed by atoms with Crippen LogP contribution in [0.15, 0.2) is 4.99 Å². The summed E-state index contributed by atoms with van der Waals surface area (Å²) < 4.78 is 0. The molecule has 0 aromatic heterocycles. The van der Waals surface area contributed by atoms with Crippen LogP contribution in [0.25, 0.3) is 0 Å². The summed E-state index contributed by atoms with van der Waals surface area (Å²) >= 11 is 0. The highest BCUT2D eigenvalue weighted by molar-refractivity contribution is 5.99. The molecule has 2 saturated heterocycles. The standard InChI is InChI=1S/C59H100N20O19/c1-9-30(6)47(76-43(86)26-68-51(90)34(16-18-38(61)81)73-54(93)37-15-11-21-78(37)44(87)27-69-53(92)36-14-12-22-79(36)57(96)48(32(8)80)74-40(83)23-60)56(95)70-31(7)49(88)66-24-41(84)71-35(17-19-39(62)82)52(91)72-33(13-10-20-65-59(63)64)50(89)67-25-42(85)75-45(28(2)3)55(94)77-46(29(4)5)58(97)98/h28-37,45-48,80H,9-27,60H2,1-8H3,(H2,61,81)(H2,62,82)(H,66,88)(H,67,89)(H,68,90)(H,69,92)(H,70,95)(H,71,84)(H,72,91)(H,73,93)(H,74,83)(H,75,85)(H,76,86)(H,77,94)(H,97,98)(H4,63,64,65). The lowest BCUT2D eigenvalue weighted by Gasteiger charge is -2.30. The molecule has 12 unspecified atom stereocenters. The summed E-state index contributed by atoms with van der Waals surface area (Å²) in [4.78, 5) is 228. The number of amides is 16. The molecule has 0 spiro atoms. The number of hydrogen-bond donors (Lipinski definition) is 19. The van der Waals surface area contributed by atoms with E-state index in [2.05, 4.69) is 68.8 Å². The van der Waals surface area contributed by atoms with Gasteiger partial charge in [-0.1, -0.05) is 48.0 Å². The summed E-state index contributed by atoms with van der Waals surface area (Å²) in [5, 5.41) is 48.7. The lowest BCUT2D eigenvalue weighted by atomic mass is 9.98. The zero-order chi connectivity index (χ0) is 74.3. The van der Waals surface area contributed by atoms with Gasteiger partial charge in [-0.05, 0) is 83.0 Å². The summed E-state index contributed by atoms with van der Waals surface area (Å²) in [5.41, 5.74) is 26.9. The van der Waals surface area contributed by atoms with Gasteiger partial charge in [0.05, 0.1) is 38.8 Å². The van der Waals surface area contributed by atoms with Gasteiger partial charge in [0, 0.05) is 32.5 Å².